The largest absolute Gasteiger partial charge is 0.465 e. The normalized spacial score (nSPS) is 14.7. The molecule has 0 aromatic heterocycles. The van der Waals surface area contributed by atoms with Crippen molar-refractivity contribution in [1.29, 1.82) is 0 Å². The van der Waals surface area contributed by atoms with Crippen LogP contribution in [0.2, 0.25) is 0 Å². The van der Waals surface area contributed by atoms with E-state index in [4.69, 9.17) is 15.2 Å². The lowest BCUT2D eigenvalue weighted by atomic mass is 10.1. The highest BCUT2D eigenvalue weighted by atomic mass is 16.5. The Hall–Kier alpha value is -2.12. The zero-order valence-electron chi connectivity index (χ0n) is 11.9. The molecule has 7 nitrogen and oxygen atoms in total. The Kier molecular flexibility index (Phi) is 5.13. The van der Waals surface area contributed by atoms with Gasteiger partial charge in [-0.15, -0.1) is 0 Å². The van der Waals surface area contributed by atoms with Gasteiger partial charge in [0, 0.05) is 18.8 Å². The van der Waals surface area contributed by atoms with Crippen molar-refractivity contribution in [3.05, 3.63) is 23.8 Å². The summed E-state index contributed by atoms with van der Waals surface area (Å²) in [7, 11) is 1.30. The number of hydrogen-bond donors (Lipinski definition) is 2. The van der Waals surface area contributed by atoms with E-state index >= 15 is 0 Å². The van der Waals surface area contributed by atoms with Crippen LogP contribution in [-0.4, -0.2) is 51.8 Å². The zero-order valence-corrected chi connectivity index (χ0v) is 11.9. The molecule has 0 bridgehead atoms. The van der Waals surface area contributed by atoms with Gasteiger partial charge in [-0.05, 0) is 18.2 Å². The van der Waals surface area contributed by atoms with Crippen LogP contribution >= 0.6 is 0 Å². The number of nitrogens with one attached hydrogen (secondary N) is 1. The van der Waals surface area contributed by atoms with Gasteiger partial charge in [-0.25, -0.2) is 4.79 Å². The molecule has 7 heteroatoms. The van der Waals surface area contributed by atoms with Crippen molar-refractivity contribution in [2.45, 2.75) is 0 Å². The van der Waals surface area contributed by atoms with Crippen LogP contribution in [0.25, 0.3) is 0 Å². The van der Waals surface area contributed by atoms with Crippen molar-refractivity contribution in [2.75, 3.05) is 50.2 Å². The lowest BCUT2D eigenvalue weighted by Crippen LogP contribution is -2.36. The molecular weight excluding hydrogens is 274 g/mol. The molecule has 1 aliphatic heterocycles. The summed E-state index contributed by atoms with van der Waals surface area (Å²) in [4.78, 5) is 25.4. The maximum absolute atomic E-state index is 11.9. The maximum Gasteiger partial charge on any atom is 0.340 e. The Labute approximate surface area is 123 Å². The van der Waals surface area contributed by atoms with Crippen LogP contribution in [0.5, 0.6) is 0 Å². The number of methoxy groups -OCH3 is 1. The first kappa shape index (κ1) is 15.3. The molecule has 0 radical (unpaired) electrons. The molecule has 3 N–H and O–H groups in total. The molecule has 1 saturated heterocycles. The standard InChI is InChI=1S/C14H19N3O4/c1-20-14(19)11-8-10(17-4-6-21-7-5-17)2-3-12(11)16-13(18)9-15/h2-3,8H,4-7,9,15H2,1H3,(H,16,18). The van der Waals surface area contributed by atoms with Crippen molar-refractivity contribution in [3.8, 4) is 0 Å². The topological polar surface area (TPSA) is 93.9 Å². The van der Waals surface area contributed by atoms with Gasteiger partial charge in [-0.1, -0.05) is 0 Å². The number of amides is 1. The smallest absolute Gasteiger partial charge is 0.340 e. The number of esters is 1. The van der Waals surface area contributed by atoms with E-state index in [1.807, 2.05) is 6.07 Å². The van der Waals surface area contributed by atoms with Gasteiger partial charge in [0.15, 0.2) is 0 Å². The van der Waals surface area contributed by atoms with Crippen LogP contribution in [-0.2, 0) is 14.3 Å². The zero-order chi connectivity index (χ0) is 15.2. The first-order chi connectivity index (χ1) is 10.2. The molecule has 1 amide bonds. The van der Waals surface area contributed by atoms with Gasteiger partial charge in [0.2, 0.25) is 5.91 Å². The average Bonchev–Trinajstić information content (AvgIpc) is 2.55. The number of carbonyl (C=O) groups is 2. The molecule has 0 saturated carbocycles. The summed E-state index contributed by atoms with van der Waals surface area (Å²) in [5.74, 6) is -0.864. The fraction of sp³-hybridized carbons (Fsp3) is 0.429. The number of hydrogen-bond acceptors (Lipinski definition) is 6. The van der Waals surface area contributed by atoms with Crippen molar-refractivity contribution < 1.29 is 19.1 Å². The molecule has 2 rings (SSSR count). The molecule has 1 heterocycles. The number of rotatable bonds is 4. The number of ether oxygens (including phenoxy) is 2. The Bertz CT molecular complexity index is 527. The summed E-state index contributed by atoms with van der Waals surface area (Å²) in [6, 6.07) is 5.25. The quantitative estimate of drug-likeness (QED) is 0.771. The molecule has 1 aromatic rings. The third-order valence-corrected chi connectivity index (χ3v) is 3.24. The van der Waals surface area contributed by atoms with E-state index in [-0.39, 0.29) is 12.5 Å². The van der Waals surface area contributed by atoms with Crippen LogP contribution < -0.4 is 16.0 Å². The lowest BCUT2D eigenvalue weighted by Gasteiger charge is -2.29. The summed E-state index contributed by atoms with van der Waals surface area (Å²) < 4.78 is 10.1. The summed E-state index contributed by atoms with van der Waals surface area (Å²) in [6.45, 7) is 2.68. The molecule has 0 spiro atoms. The van der Waals surface area contributed by atoms with Gasteiger partial charge in [0.25, 0.3) is 0 Å². The van der Waals surface area contributed by atoms with Crippen LogP contribution in [0.3, 0.4) is 0 Å². The number of nitrogens with two attached hydrogens (primary N) is 1. The third kappa shape index (κ3) is 3.71. The van der Waals surface area contributed by atoms with Crippen LogP contribution in [0, 0.1) is 0 Å². The molecule has 0 unspecified atom stereocenters. The van der Waals surface area contributed by atoms with Crippen molar-refractivity contribution >= 4 is 23.3 Å². The van der Waals surface area contributed by atoms with Crippen LogP contribution in [0.15, 0.2) is 18.2 Å². The van der Waals surface area contributed by atoms with Crippen molar-refractivity contribution in [3.63, 3.8) is 0 Å². The predicted octanol–water partition coefficient (Wildman–Crippen LogP) is 0.207. The number of nitrogens with zero attached hydrogens (tertiary/aromatic N) is 1. The number of anilines is 2. The van der Waals surface area contributed by atoms with Crippen molar-refractivity contribution in [2.24, 2.45) is 5.73 Å². The fourth-order valence-corrected chi connectivity index (χ4v) is 2.14. The van der Waals surface area contributed by atoms with Gasteiger partial charge < -0.3 is 25.4 Å². The highest BCUT2D eigenvalue weighted by Crippen LogP contribution is 2.25. The van der Waals surface area contributed by atoms with Gasteiger partial charge >= 0.3 is 5.97 Å². The Morgan fingerprint density at radius 2 is 2.10 bits per heavy atom. The second-order valence-electron chi connectivity index (χ2n) is 4.57. The summed E-state index contributed by atoms with van der Waals surface area (Å²) in [5, 5.41) is 2.60. The fourth-order valence-electron chi connectivity index (χ4n) is 2.14. The molecule has 1 aliphatic rings. The monoisotopic (exact) mass is 293 g/mol. The first-order valence-corrected chi connectivity index (χ1v) is 6.70. The number of morpholine rings is 1. The molecule has 1 fully saturated rings. The molecule has 0 atom stereocenters. The third-order valence-electron chi connectivity index (χ3n) is 3.24. The molecular formula is C14H19N3O4. The van der Waals surface area contributed by atoms with Gasteiger partial charge in [0.1, 0.15) is 0 Å². The van der Waals surface area contributed by atoms with E-state index in [1.54, 1.807) is 12.1 Å². The Morgan fingerprint density at radius 1 is 1.38 bits per heavy atom. The average molecular weight is 293 g/mol. The highest BCUT2D eigenvalue weighted by Gasteiger charge is 2.18. The minimum Gasteiger partial charge on any atom is -0.465 e. The van der Waals surface area contributed by atoms with Crippen LogP contribution in [0.1, 0.15) is 10.4 Å². The molecule has 114 valence electrons. The highest BCUT2D eigenvalue weighted by molar-refractivity contribution is 6.02. The summed E-state index contributed by atoms with van der Waals surface area (Å²) >= 11 is 0. The maximum atomic E-state index is 11.9. The number of benzene rings is 1. The summed E-state index contributed by atoms with van der Waals surface area (Å²) in [6.07, 6.45) is 0. The van der Waals surface area contributed by atoms with E-state index in [0.717, 1.165) is 18.8 Å². The molecule has 21 heavy (non-hydrogen) atoms. The van der Waals surface area contributed by atoms with E-state index in [9.17, 15) is 9.59 Å². The van der Waals surface area contributed by atoms with Gasteiger partial charge in [-0.3, -0.25) is 4.79 Å². The van der Waals surface area contributed by atoms with E-state index < -0.39 is 5.97 Å². The van der Waals surface area contributed by atoms with Gasteiger partial charge in [-0.2, -0.15) is 0 Å². The van der Waals surface area contributed by atoms with E-state index in [0.29, 0.717) is 24.5 Å². The predicted molar refractivity (Wildman–Crippen MR) is 78.5 cm³/mol. The Balaban J connectivity index is 2.29. The van der Waals surface area contributed by atoms with E-state index in [2.05, 4.69) is 10.2 Å². The molecule has 0 aliphatic carbocycles. The second kappa shape index (κ2) is 7.05. The Morgan fingerprint density at radius 3 is 2.71 bits per heavy atom. The second-order valence-corrected chi connectivity index (χ2v) is 4.57. The minimum atomic E-state index is -0.502. The lowest BCUT2D eigenvalue weighted by molar-refractivity contribution is -0.114. The first-order valence-electron chi connectivity index (χ1n) is 6.70. The van der Waals surface area contributed by atoms with E-state index in [1.165, 1.54) is 7.11 Å². The number of carbonyl (C=O) groups excluding carboxylic acids is 2. The molecule has 1 aromatic carbocycles. The SMILES string of the molecule is COC(=O)c1cc(N2CCOCC2)ccc1NC(=O)CN. The summed E-state index contributed by atoms with van der Waals surface area (Å²) in [5.41, 5.74) is 6.87. The van der Waals surface area contributed by atoms with Crippen molar-refractivity contribution in [1.82, 2.24) is 0 Å². The minimum absolute atomic E-state index is 0.147. The van der Waals surface area contributed by atoms with Gasteiger partial charge in [0.05, 0.1) is 38.1 Å². The van der Waals surface area contributed by atoms with Crippen LogP contribution in [0.4, 0.5) is 11.4 Å².